The maximum absolute atomic E-state index is 12.1. The van der Waals surface area contributed by atoms with E-state index in [0.717, 1.165) is 5.56 Å². The molecule has 0 unspecified atom stereocenters. The van der Waals surface area contributed by atoms with Crippen LogP contribution in [0.2, 0.25) is 0 Å². The molecule has 5 nitrogen and oxygen atoms in total. The lowest BCUT2D eigenvalue weighted by Crippen LogP contribution is -2.13. The normalized spacial score (nSPS) is 11.2. The fraction of sp³-hybridized carbons (Fsp3) is 0.0769. The molecule has 0 saturated carbocycles. The predicted molar refractivity (Wildman–Crippen MR) is 71.8 cm³/mol. The standard InChI is InChI=1S/C13H13NO4S/c1-9-5-7-10(8-6-9)19(17,18)14-13-11(15)3-2-4-12(13)16/h2-8,14-16H,1H3. The van der Waals surface area contributed by atoms with Gasteiger partial charge in [0.15, 0.2) is 0 Å². The van der Waals surface area contributed by atoms with Crippen LogP contribution in [0, 0.1) is 6.92 Å². The number of rotatable bonds is 3. The highest BCUT2D eigenvalue weighted by Gasteiger charge is 2.18. The highest BCUT2D eigenvalue weighted by molar-refractivity contribution is 7.92. The van der Waals surface area contributed by atoms with Gasteiger partial charge < -0.3 is 10.2 Å². The minimum absolute atomic E-state index is 0.0563. The Morgan fingerprint density at radius 3 is 2.00 bits per heavy atom. The molecule has 6 heteroatoms. The molecule has 0 radical (unpaired) electrons. The molecule has 2 rings (SSSR count). The van der Waals surface area contributed by atoms with Crippen molar-refractivity contribution < 1.29 is 18.6 Å². The third-order valence-corrected chi connectivity index (χ3v) is 3.95. The molecule has 100 valence electrons. The molecule has 0 aromatic heterocycles. The van der Waals surface area contributed by atoms with Crippen LogP contribution in [0.25, 0.3) is 0 Å². The zero-order valence-electron chi connectivity index (χ0n) is 10.2. The lowest BCUT2D eigenvalue weighted by Gasteiger charge is -2.11. The van der Waals surface area contributed by atoms with Gasteiger partial charge >= 0.3 is 0 Å². The molecule has 0 bridgehead atoms. The number of aryl methyl sites for hydroxylation is 1. The summed E-state index contributed by atoms with van der Waals surface area (Å²) in [7, 11) is -3.85. The van der Waals surface area contributed by atoms with E-state index in [4.69, 9.17) is 0 Å². The van der Waals surface area contributed by atoms with Crippen LogP contribution in [0.5, 0.6) is 11.5 Å². The summed E-state index contributed by atoms with van der Waals surface area (Å²) in [6.45, 7) is 1.85. The number of benzene rings is 2. The molecule has 0 fully saturated rings. The maximum Gasteiger partial charge on any atom is 0.262 e. The summed E-state index contributed by atoms with van der Waals surface area (Å²) < 4.78 is 26.3. The molecular formula is C13H13NO4S. The Bertz CT molecular complexity index is 673. The van der Waals surface area contributed by atoms with E-state index in [1.807, 2.05) is 6.92 Å². The van der Waals surface area contributed by atoms with Gasteiger partial charge in [-0.2, -0.15) is 0 Å². The second-order valence-electron chi connectivity index (χ2n) is 4.09. The number of sulfonamides is 1. The Balaban J connectivity index is 2.39. The molecule has 19 heavy (non-hydrogen) atoms. The van der Waals surface area contributed by atoms with Gasteiger partial charge in [-0.15, -0.1) is 0 Å². The third kappa shape index (κ3) is 2.79. The quantitative estimate of drug-likeness (QED) is 0.752. The average Bonchev–Trinajstić information content (AvgIpc) is 2.35. The molecule has 0 heterocycles. The second kappa shape index (κ2) is 4.81. The largest absolute Gasteiger partial charge is 0.506 e. The van der Waals surface area contributed by atoms with Crippen molar-refractivity contribution in [2.24, 2.45) is 0 Å². The molecule has 2 aromatic rings. The SMILES string of the molecule is Cc1ccc(S(=O)(=O)Nc2c(O)cccc2O)cc1. The predicted octanol–water partition coefficient (Wildman–Crippen LogP) is 2.21. The summed E-state index contributed by atoms with van der Waals surface area (Å²) >= 11 is 0. The van der Waals surface area contributed by atoms with Gasteiger partial charge in [0.1, 0.15) is 17.2 Å². The Hall–Kier alpha value is -2.21. The maximum atomic E-state index is 12.1. The molecule has 0 aliphatic heterocycles. The molecule has 0 saturated heterocycles. The summed E-state index contributed by atoms with van der Waals surface area (Å²) in [4.78, 5) is 0.0563. The molecule has 0 atom stereocenters. The van der Waals surface area contributed by atoms with Crippen molar-refractivity contribution in [3.63, 3.8) is 0 Å². The topological polar surface area (TPSA) is 86.6 Å². The van der Waals surface area contributed by atoms with E-state index in [0.29, 0.717) is 0 Å². The van der Waals surface area contributed by atoms with E-state index in [9.17, 15) is 18.6 Å². The van der Waals surface area contributed by atoms with Gasteiger partial charge in [-0.25, -0.2) is 8.42 Å². The van der Waals surface area contributed by atoms with Crippen LogP contribution in [0.4, 0.5) is 5.69 Å². The highest BCUT2D eigenvalue weighted by atomic mass is 32.2. The molecular weight excluding hydrogens is 266 g/mol. The van der Waals surface area contributed by atoms with Crippen LogP contribution in [-0.2, 0) is 10.0 Å². The van der Waals surface area contributed by atoms with Gasteiger partial charge in [-0.1, -0.05) is 23.8 Å². The molecule has 0 aliphatic carbocycles. The zero-order valence-corrected chi connectivity index (χ0v) is 11.0. The van der Waals surface area contributed by atoms with Gasteiger partial charge in [0, 0.05) is 0 Å². The summed E-state index contributed by atoms with van der Waals surface area (Å²) in [6.07, 6.45) is 0. The average molecular weight is 279 g/mol. The van der Waals surface area contributed by atoms with Gasteiger partial charge in [0.05, 0.1) is 4.90 Å². The lowest BCUT2D eigenvalue weighted by atomic mass is 10.2. The van der Waals surface area contributed by atoms with Crippen molar-refractivity contribution in [1.82, 2.24) is 0 Å². The molecule has 0 amide bonds. The fourth-order valence-corrected chi connectivity index (χ4v) is 2.63. The number of para-hydroxylation sites is 1. The summed E-state index contributed by atoms with van der Waals surface area (Å²) in [5.74, 6) is -0.675. The Morgan fingerprint density at radius 2 is 1.47 bits per heavy atom. The summed E-state index contributed by atoms with van der Waals surface area (Å²) in [5.41, 5.74) is 0.701. The van der Waals surface area contributed by atoms with Gasteiger partial charge in [-0.3, -0.25) is 4.72 Å². The van der Waals surface area contributed by atoms with Gasteiger partial charge in [0.25, 0.3) is 10.0 Å². The second-order valence-corrected chi connectivity index (χ2v) is 5.77. The van der Waals surface area contributed by atoms with Gasteiger partial charge in [0.2, 0.25) is 0 Å². The van der Waals surface area contributed by atoms with Crippen molar-refractivity contribution in [3.8, 4) is 11.5 Å². The number of nitrogens with one attached hydrogen (secondary N) is 1. The Labute approximate surface area is 111 Å². The number of hydrogen-bond donors (Lipinski definition) is 3. The Morgan fingerprint density at radius 1 is 0.947 bits per heavy atom. The smallest absolute Gasteiger partial charge is 0.262 e. The minimum Gasteiger partial charge on any atom is -0.506 e. The van der Waals surface area contributed by atoms with E-state index in [-0.39, 0.29) is 22.1 Å². The number of phenols is 2. The van der Waals surface area contributed by atoms with Crippen molar-refractivity contribution in [3.05, 3.63) is 48.0 Å². The Kier molecular flexibility index (Phi) is 3.35. The van der Waals surface area contributed by atoms with Crippen LogP contribution in [0.15, 0.2) is 47.4 Å². The van der Waals surface area contributed by atoms with Crippen molar-refractivity contribution in [1.29, 1.82) is 0 Å². The first-order valence-electron chi connectivity index (χ1n) is 5.50. The molecule has 0 aliphatic rings. The van der Waals surface area contributed by atoms with Crippen LogP contribution >= 0.6 is 0 Å². The molecule has 2 aromatic carbocycles. The monoisotopic (exact) mass is 279 g/mol. The highest BCUT2D eigenvalue weighted by Crippen LogP contribution is 2.34. The van der Waals surface area contributed by atoms with Crippen molar-refractivity contribution in [2.75, 3.05) is 4.72 Å². The minimum atomic E-state index is -3.85. The lowest BCUT2D eigenvalue weighted by molar-refractivity contribution is 0.455. The first-order valence-corrected chi connectivity index (χ1v) is 6.99. The van der Waals surface area contributed by atoms with Gasteiger partial charge in [-0.05, 0) is 31.2 Å². The van der Waals surface area contributed by atoms with E-state index in [1.54, 1.807) is 12.1 Å². The van der Waals surface area contributed by atoms with E-state index >= 15 is 0 Å². The van der Waals surface area contributed by atoms with Crippen LogP contribution in [0.1, 0.15) is 5.56 Å². The fourth-order valence-electron chi connectivity index (χ4n) is 1.54. The van der Waals surface area contributed by atoms with Crippen LogP contribution in [0.3, 0.4) is 0 Å². The first kappa shape index (κ1) is 13.2. The molecule has 0 spiro atoms. The number of hydrogen-bond acceptors (Lipinski definition) is 4. The summed E-state index contributed by atoms with van der Waals surface area (Å²) in [6, 6.07) is 10.2. The van der Waals surface area contributed by atoms with Crippen LogP contribution in [-0.4, -0.2) is 18.6 Å². The summed E-state index contributed by atoms with van der Waals surface area (Å²) in [5, 5.41) is 19.1. The van der Waals surface area contributed by atoms with Crippen LogP contribution < -0.4 is 4.72 Å². The van der Waals surface area contributed by atoms with E-state index in [2.05, 4.69) is 4.72 Å². The number of aromatic hydroxyl groups is 2. The van der Waals surface area contributed by atoms with Crippen molar-refractivity contribution >= 4 is 15.7 Å². The zero-order chi connectivity index (χ0) is 14.0. The third-order valence-electron chi connectivity index (χ3n) is 2.59. The number of anilines is 1. The van der Waals surface area contributed by atoms with E-state index in [1.165, 1.54) is 30.3 Å². The van der Waals surface area contributed by atoms with E-state index < -0.39 is 10.0 Å². The van der Waals surface area contributed by atoms with Crippen molar-refractivity contribution in [2.45, 2.75) is 11.8 Å². The molecule has 3 N–H and O–H groups in total. The number of phenolic OH excluding ortho intramolecular Hbond substituents is 2. The first-order chi connectivity index (χ1) is 8.90.